The van der Waals surface area contributed by atoms with Crippen molar-refractivity contribution >= 4 is 44.3 Å². The minimum atomic E-state index is -3.66. The molecule has 30 heavy (non-hydrogen) atoms. The van der Waals surface area contributed by atoms with Crippen LogP contribution in [0.3, 0.4) is 0 Å². The zero-order valence-corrected chi connectivity index (χ0v) is 19.0. The summed E-state index contributed by atoms with van der Waals surface area (Å²) in [7, 11) is -0.745. The zero-order chi connectivity index (χ0) is 22.1. The fraction of sp³-hybridized carbons (Fsp3) is 0.250. The van der Waals surface area contributed by atoms with Crippen LogP contribution in [0.2, 0.25) is 5.02 Å². The van der Waals surface area contributed by atoms with Crippen LogP contribution in [0.5, 0.6) is 0 Å². The maximum atomic E-state index is 14.4. The van der Waals surface area contributed by atoms with Crippen molar-refractivity contribution in [3.05, 3.63) is 59.3 Å². The second-order valence-electron chi connectivity index (χ2n) is 6.87. The van der Waals surface area contributed by atoms with E-state index < -0.39 is 10.0 Å². The Kier molecular flexibility index (Phi) is 6.84. The summed E-state index contributed by atoms with van der Waals surface area (Å²) in [6, 6.07) is 6.94. The Hall–Kier alpha value is -1.97. The van der Waals surface area contributed by atoms with Crippen molar-refractivity contribution in [1.82, 2.24) is 18.7 Å². The van der Waals surface area contributed by atoms with Gasteiger partial charge in [-0.25, -0.2) is 21.9 Å². The van der Waals surface area contributed by atoms with Crippen molar-refractivity contribution in [2.45, 2.75) is 18.4 Å². The van der Waals surface area contributed by atoms with Gasteiger partial charge in [0.2, 0.25) is 10.0 Å². The SMILES string of the molecule is Cc1c(-c2cncc(S(=O)(=O)N(C)C)c2)c2c(Cl)cccc2n1C/C(F)=C/CNCl. The van der Waals surface area contributed by atoms with Crippen LogP contribution in [0.15, 0.2) is 53.5 Å². The highest BCUT2D eigenvalue weighted by molar-refractivity contribution is 7.89. The first-order valence-corrected chi connectivity index (χ1v) is 11.2. The summed E-state index contributed by atoms with van der Waals surface area (Å²) in [5.41, 5.74) is 2.76. The summed E-state index contributed by atoms with van der Waals surface area (Å²) in [6.07, 6.45) is 4.23. The quantitative estimate of drug-likeness (QED) is 0.515. The number of fused-ring (bicyclic) bond motifs is 1. The molecular weight excluding hydrogens is 450 g/mol. The first-order valence-electron chi connectivity index (χ1n) is 9.01. The lowest BCUT2D eigenvalue weighted by Gasteiger charge is -2.12. The van der Waals surface area contributed by atoms with Crippen molar-refractivity contribution in [2.75, 3.05) is 20.6 Å². The van der Waals surface area contributed by atoms with E-state index >= 15 is 0 Å². The fourth-order valence-electron chi connectivity index (χ4n) is 3.31. The molecule has 0 saturated heterocycles. The van der Waals surface area contributed by atoms with E-state index in [0.717, 1.165) is 15.5 Å². The Morgan fingerprint density at radius 2 is 2.07 bits per heavy atom. The number of hydrogen-bond donors (Lipinski definition) is 1. The molecule has 0 unspecified atom stereocenters. The van der Waals surface area contributed by atoms with Crippen molar-refractivity contribution in [3.8, 4) is 11.1 Å². The molecule has 3 aromatic rings. The second-order valence-corrected chi connectivity index (χ2v) is 9.69. The minimum Gasteiger partial charge on any atom is -0.337 e. The molecule has 160 valence electrons. The van der Waals surface area contributed by atoms with Crippen LogP contribution in [0.25, 0.3) is 22.0 Å². The number of rotatable bonds is 7. The van der Waals surface area contributed by atoms with Crippen LogP contribution in [0.1, 0.15) is 5.69 Å². The molecule has 0 fully saturated rings. The van der Waals surface area contributed by atoms with Gasteiger partial charge in [0.25, 0.3) is 0 Å². The Balaban J connectivity index is 2.24. The van der Waals surface area contributed by atoms with Gasteiger partial charge in [0.1, 0.15) is 10.7 Å². The third kappa shape index (κ3) is 4.24. The summed E-state index contributed by atoms with van der Waals surface area (Å²) < 4.78 is 42.5. The Morgan fingerprint density at radius 3 is 2.73 bits per heavy atom. The van der Waals surface area contributed by atoms with Gasteiger partial charge in [0.05, 0.1) is 17.1 Å². The van der Waals surface area contributed by atoms with Gasteiger partial charge in [-0.15, -0.1) is 0 Å². The molecule has 1 aromatic carbocycles. The number of hydrogen-bond acceptors (Lipinski definition) is 4. The average molecular weight is 471 g/mol. The number of nitrogens with zero attached hydrogens (tertiary/aromatic N) is 3. The molecule has 0 aliphatic carbocycles. The molecule has 0 spiro atoms. The molecule has 6 nitrogen and oxygen atoms in total. The monoisotopic (exact) mass is 470 g/mol. The molecule has 0 atom stereocenters. The molecular formula is C20H21Cl2FN4O2S. The molecule has 0 amide bonds. The highest BCUT2D eigenvalue weighted by Gasteiger charge is 2.22. The lowest BCUT2D eigenvalue weighted by molar-refractivity contribution is 0.520. The minimum absolute atomic E-state index is 0.00956. The largest absolute Gasteiger partial charge is 0.337 e. The molecule has 0 aliphatic heterocycles. The average Bonchev–Trinajstić information content (AvgIpc) is 2.99. The summed E-state index contributed by atoms with van der Waals surface area (Å²) in [4.78, 5) is 6.56. The maximum Gasteiger partial charge on any atom is 0.244 e. The normalized spacial score (nSPS) is 12.8. The third-order valence-corrected chi connectivity index (χ3v) is 7.04. The van der Waals surface area contributed by atoms with Crippen molar-refractivity contribution in [2.24, 2.45) is 0 Å². The summed E-state index contributed by atoms with van der Waals surface area (Å²) in [6.45, 7) is 2.02. The number of pyridine rings is 1. The van der Waals surface area contributed by atoms with Gasteiger partial charge in [-0.2, -0.15) is 0 Å². The van der Waals surface area contributed by atoms with E-state index in [1.165, 1.54) is 26.4 Å². The van der Waals surface area contributed by atoms with E-state index in [9.17, 15) is 12.8 Å². The van der Waals surface area contributed by atoms with Gasteiger partial charge in [-0.05, 0) is 43.0 Å². The number of sulfonamides is 1. The Bertz CT molecular complexity index is 1220. The molecule has 0 radical (unpaired) electrons. The van der Waals surface area contributed by atoms with Crippen LogP contribution in [-0.4, -0.2) is 42.9 Å². The number of benzene rings is 1. The summed E-state index contributed by atoms with van der Waals surface area (Å²) in [5.74, 6) is -0.364. The van der Waals surface area contributed by atoms with Crippen molar-refractivity contribution in [3.63, 3.8) is 0 Å². The van der Waals surface area contributed by atoms with E-state index in [1.54, 1.807) is 29.0 Å². The molecule has 1 N–H and O–H groups in total. The van der Waals surface area contributed by atoms with Crippen LogP contribution >= 0.6 is 23.4 Å². The predicted molar refractivity (Wildman–Crippen MR) is 119 cm³/mol. The van der Waals surface area contributed by atoms with E-state index in [2.05, 4.69) is 9.82 Å². The van der Waals surface area contributed by atoms with Gasteiger partial charge in [0.15, 0.2) is 0 Å². The molecule has 0 saturated carbocycles. The third-order valence-electron chi connectivity index (χ3n) is 4.79. The van der Waals surface area contributed by atoms with Crippen LogP contribution in [0.4, 0.5) is 4.39 Å². The Labute approximate surface area is 185 Å². The first-order chi connectivity index (χ1) is 14.2. The van der Waals surface area contributed by atoms with E-state index in [0.29, 0.717) is 21.5 Å². The molecule has 2 heterocycles. The standard InChI is InChI=1S/C20H21Cl2FN4O2S/c1-13-19(14-9-16(11-24-10-14)30(28,29)26(2)3)20-17(21)5-4-6-18(20)27(13)12-15(23)7-8-25-22/h4-7,9-11,25H,8,12H2,1-3H3/b15-7-. The number of aromatic nitrogens is 2. The lowest BCUT2D eigenvalue weighted by atomic mass is 10.0. The maximum absolute atomic E-state index is 14.4. The fourth-order valence-corrected chi connectivity index (χ4v) is 4.54. The molecule has 0 aliphatic rings. The second kappa shape index (κ2) is 9.03. The highest BCUT2D eigenvalue weighted by atomic mass is 35.5. The zero-order valence-electron chi connectivity index (χ0n) is 16.7. The molecule has 3 rings (SSSR count). The van der Waals surface area contributed by atoms with E-state index in [4.69, 9.17) is 23.4 Å². The van der Waals surface area contributed by atoms with Crippen molar-refractivity contribution in [1.29, 1.82) is 0 Å². The van der Waals surface area contributed by atoms with Gasteiger partial charge in [-0.3, -0.25) is 4.98 Å². The number of allylic oxidation sites excluding steroid dienone is 1. The van der Waals surface area contributed by atoms with E-state index in [-0.39, 0.29) is 23.8 Å². The smallest absolute Gasteiger partial charge is 0.244 e. The molecule has 0 bridgehead atoms. The van der Waals surface area contributed by atoms with E-state index in [1.807, 2.05) is 13.0 Å². The molecule has 10 heteroatoms. The summed E-state index contributed by atoms with van der Waals surface area (Å²) >= 11 is 11.9. The van der Waals surface area contributed by atoms with Gasteiger partial charge < -0.3 is 4.57 Å². The predicted octanol–water partition coefficient (Wildman–Crippen LogP) is 4.51. The van der Waals surface area contributed by atoms with Gasteiger partial charge in [-0.1, -0.05) is 17.7 Å². The summed E-state index contributed by atoms with van der Waals surface area (Å²) in [5, 5.41) is 1.19. The van der Waals surface area contributed by atoms with Gasteiger partial charge in [0, 0.05) is 55.2 Å². The van der Waals surface area contributed by atoms with Crippen LogP contribution < -0.4 is 4.84 Å². The van der Waals surface area contributed by atoms with Gasteiger partial charge >= 0.3 is 0 Å². The highest BCUT2D eigenvalue weighted by Crippen LogP contribution is 2.39. The number of nitrogens with one attached hydrogen (secondary N) is 1. The van der Waals surface area contributed by atoms with Crippen molar-refractivity contribution < 1.29 is 12.8 Å². The Morgan fingerprint density at radius 1 is 1.33 bits per heavy atom. The van der Waals surface area contributed by atoms with Crippen LogP contribution in [0, 0.1) is 6.92 Å². The van der Waals surface area contributed by atoms with Crippen LogP contribution in [-0.2, 0) is 16.6 Å². The molecule has 2 aromatic heterocycles. The number of halogens is 3. The topological polar surface area (TPSA) is 67.2 Å². The lowest BCUT2D eigenvalue weighted by Crippen LogP contribution is -2.22. The first kappa shape index (κ1) is 22.7.